The number of nitro groups is 1. The summed E-state index contributed by atoms with van der Waals surface area (Å²) in [6.45, 7) is 4.32. The molecule has 0 unspecified atom stereocenters. The molecule has 0 amide bonds. The predicted molar refractivity (Wildman–Crippen MR) is 82.7 cm³/mol. The van der Waals surface area contributed by atoms with Crippen LogP contribution in [0.1, 0.15) is 12.7 Å². The van der Waals surface area contributed by atoms with Crippen LogP contribution in [0.3, 0.4) is 0 Å². The second-order valence-electron chi connectivity index (χ2n) is 4.63. The molecule has 0 atom stereocenters. The van der Waals surface area contributed by atoms with Gasteiger partial charge in [-0.2, -0.15) is 0 Å². The van der Waals surface area contributed by atoms with Crippen LogP contribution >= 0.6 is 11.8 Å². The second-order valence-corrected chi connectivity index (χ2v) is 5.59. The summed E-state index contributed by atoms with van der Waals surface area (Å²) in [5.74, 6) is 0.690. The molecule has 10 heteroatoms. The van der Waals surface area contributed by atoms with Crippen LogP contribution in [0.15, 0.2) is 39.4 Å². The van der Waals surface area contributed by atoms with Gasteiger partial charge in [0.15, 0.2) is 10.2 Å². The summed E-state index contributed by atoms with van der Waals surface area (Å²) >= 11 is 0.967. The fraction of sp³-hybridized carbons (Fsp3) is 0.231. The zero-order valence-corrected chi connectivity index (χ0v) is 13.1. The third-order valence-electron chi connectivity index (χ3n) is 3.27. The fourth-order valence-electron chi connectivity index (χ4n) is 2.17. The van der Waals surface area contributed by atoms with Crippen molar-refractivity contribution in [2.45, 2.75) is 30.6 Å². The van der Waals surface area contributed by atoms with Crippen LogP contribution in [0.2, 0.25) is 0 Å². The van der Waals surface area contributed by atoms with E-state index in [1.54, 1.807) is 29.7 Å². The Morgan fingerprint density at radius 3 is 2.83 bits per heavy atom. The predicted octanol–water partition coefficient (Wildman–Crippen LogP) is 1.67. The average Bonchev–Trinajstić information content (AvgIpc) is 2.87. The van der Waals surface area contributed by atoms with E-state index in [-0.39, 0.29) is 5.03 Å². The van der Waals surface area contributed by atoms with Crippen molar-refractivity contribution in [3.63, 3.8) is 0 Å². The highest BCUT2D eigenvalue weighted by Crippen LogP contribution is 2.30. The topological polar surface area (TPSA) is 108 Å². The molecule has 3 rings (SSSR count). The van der Waals surface area contributed by atoms with E-state index in [1.807, 2.05) is 6.92 Å². The largest absolute Gasteiger partial charge is 0.366 e. The Kier molecular flexibility index (Phi) is 3.82. The lowest BCUT2D eigenvalue weighted by Crippen LogP contribution is -2.19. The minimum atomic E-state index is -0.720. The Balaban J connectivity index is 2.22. The van der Waals surface area contributed by atoms with Crippen molar-refractivity contribution in [1.29, 1.82) is 0 Å². The molecular weight excluding hydrogens is 320 g/mol. The lowest BCUT2D eigenvalue weighted by molar-refractivity contribution is -0.389. The first-order valence-electron chi connectivity index (χ1n) is 6.76. The van der Waals surface area contributed by atoms with E-state index in [0.717, 1.165) is 16.2 Å². The highest BCUT2D eigenvalue weighted by atomic mass is 32.2. The molecule has 0 bridgehead atoms. The van der Waals surface area contributed by atoms with Crippen molar-refractivity contribution in [2.75, 3.05) is 0 Å². The Morgan fingerprint density at radius 1 is 1.35 bits per heavy atom. The molecule has 0 saturated heterocycles. The van der Waals surface area contributed by atoms with Gasteiger partial charge in [0, 0.05) is 12.7 Å². The van der Waals surface area contributed by atoms with Gasteiger partial charge >= 0.3 is 11.2 Å². The van der Waals surface area contributed by atoms with E-state index in [2.05, 4.69) is 15.2 Å². The van der Waals surface area contributed by atoms with E-state index in [9.17, 15) is 14.9 Å². The Bertz CT molecular complexity index is 964. The molecule has 3 aromatic heterocycles. The number of aryl methyl sites for hydroxylation is 1. The van der Waals surface area contributed by atoms with Crippen molar-refractivity contribution >= 4 is 23.1 Å². The van der Waals surface area contributed by atoms with Crippen LogP contribution in [-0.4, -0.2) is 29.1 Å². The molecule has 0 fully saturated rings. The van der Waals surface area contributed by atoms with Crippen molar-refractivity contribution in [2.24, 2.45) is 0 Å². The lowest BCUT2D eigenvalue weighted by atomic mass is 10.4. The summed E-state index contributed by atoms with van der Waals surface area (Å²) in [6, 6.07) is 4.94. The SMILES string of the molecule is CCn1c(C)nnc1Sc1nc2ccccn2c(=O)c1[N+](=O)[O-]. The summed E-state index contributed by atoms with van der Waals surface area (Å²) in [6.07, 6.45) is 1.45. The Morgan fingerprint density at radius 2 is 2.13 bits per heavy atom. The van der Waals surface area contributed by atoms with Gasteiger partial charge in [-0.3, -0.25) is 19.3 Å². The first kappa shape index (κ1) is 15.2. The summed E-state index contributed by atoms with van der Waals surface area (Å²) in [7, 11) is 0. The van der Waals surface area contributed by atoms with Gasteiger partial charge in [-0.25, -0.2) is 4.98 Å². The summed E-state index contributed by atoms with van der Waals surface area (Å²) in [4.78, 5) is 27.2. The molecule has 0 radical (unpaired) electrons. The fourth-order valence-corrected chi connectivity index (χ4v) is 3.20. The number of fused-ring (bicyclic) bond motifs is 1. The molecule has 0 aliphatic carbocycles. The van der Waals surface area contributed by atoms with E-state index in [0.29, 0.717) is 23.2 Å². The van der Waals surface area contributed by atoms with E-state index < -0.39 is 16.2 Å². The van der Waals surface area contributed by atoms with Crippen molar-refractivity contribution in [1.82, 2.24) is 24.1 Å². The number of hydrogen-bond donors (Lipinski definition) is 0. The summed E-state index contributed by atoms with van der Waals surface area (Å²) in [5, 5.41) is 19.7. The maximum Gasteiger partial charge on any atom is 0.366 e. The van der Waals surface area contributed by atoms with Gasteiger partial charge in [0.25, 0.3) is 0 Å². The van der Waals surface area contributed by atoms with Crippen molar-refractivity contribution in [3.05, 3.63) is 50.7 Å². The lowest BCUT2D eigenvalue weighted by Gasteiger charge is -2.06. The monoisotopic (exact) mass is 332 g/mol. The third kappa shape index (κ3) is 2.57. The summed E-state index contributed by atoms with van der Waals surface area (Å²) in [5.41, 5.74) is -0.950. The smallest absolute Gasteiger partial charge is 0.306 e. The van der Waals surface area contributed by atoms with Crippen LogP contribution < -0.4 is 5.56 Å². The number of pyridine rings is 1. The van der Waals surface area contributed by atoms with Gasteiger partial charge in [0.1, 0.15) is 11.5 Å². The highest BCUT2D eigenvalue weighted by molar-refractivity contribution is 7.99. The molecule has 23 heavy (non-hydrogen) atoms. The molecular formula is C13H12N6O3S. The van der Waals surface area contributed by atoms with Gasteiger partial charge in [0.05, 0.1) is 4.92 Å². The number of hydrogen-bond acceptors (Lipinski definition) is 7. The minimum Gasteiger partial charge on any atom is -0.306 e. The first-order chi connectivity index (χ1) is 11.0. The number of nitrogens with zero attached hydrogens (tertiary/aromatic N) is 6. The molecule has 0 N–H and O–H groups in total. The van der Waals surface area contributed by atoms with E-state index >= 15 is 0 Å². The minimum absolute atomic E-state index is 0.00769. The van der Waals surface area contributed by atoms with Gasteiger partial charge in [0.2, 0.25) is 0 Å². The maximum atomic E-state index is 12.4. The normalized spacial score (nSPS) is 11.0. The third-order valence-corrected chi connectivity index (χ3v) is 4.23. The first-order valence-corrected chi connectivity index (χ1v) is 7.58. The Hall–Kier alpha value is -2.75. The standard InChI is InChI=1S/C13H12N6O3S/c1-3-17-8(2)15-16-13(17)23-11-10(19(21)22)12(20)18-7-5-4-6-9(18)14-11/h4-7H,3H2,1-2H3. The zero-order valence-electron chi connectivity index (χ0n) is 12.3. The van der Waals surface area contributed by atoms with Gasteiger partial charge < -0.3 is 4.57 Å². The molecule has 0 saturated carbocycles. The second kappa shape index (κ2) is 5.80. The van der Waals surface area contributed by atoms with Gasteiger partial charge in [-0.15, -0.1) is 10.2 Å². The van der Waals surface area contributed by atoms with E-state index in [4.69, 9.17) is 0 Å². The average molecular weight is 332 g/mol. The molecule has 3 aromatic rings. The molecule has 0 aliphatic rings. The number of aromatic nitrogens is 5. The van der Waals surface area contributed by atoms with Crippen LogP contribution in [0.5, 0.6) is 0 Å². The molecule has 3 heterocycles. The van der Waals surface area contributed by atoms with Gasteiger partial charge in [-0.1, -0.05) is 6.07 Å². The quantitative estimate of drug-likeness (QED) is 0.406. The van der Waals surface area contributed by atoms with Gasteiger partial charge in [-0.05, 0) is 37.7 Å². The highest BCUT2D eigenvalue weighted by Gasteiger charge is 2.26. The molecule has 118 valence electrons. The van der Waals surface area contributed by atoms with Crippen LogP contribution in [0.4, 0.5) is 5.69 Å². The summed E-state index contributed by atoms with van der Waals surface area (Å²) < 4.78 is 2.95. The van der Waals surface area contributed by atoms with Crippen LogP contribution in [-0.2, 0) is 6.54 Å². The van der Waals surface area contributed by atoms with Crippen LogP contribution in [0.25, 0.3) is 5.65 Å². The van der Waals surface area contributed by atoms with E-state index in [1.165, 1.54) is 6.20 Å². The zero-order chi connectivity index (χ0) is 16.6. The number of rotatable bonds is 4. The van der Waals surface area contributed by atoms with Crippen molar-refractivity contribution in [3.8, 4) is 0 Å². The molecule has 0 aliphatic heterocycles. The molecule has 0 aromatic carbocycles. The van der Waals surface area contributed by atoms with Crippen LogP contribution in [0, 0.1) is 17.0 Å². The Labute approximate surface area is 134 Å². The molecule has 9 nitrogen and oxygen atoms in total. The maximum absolute atomic E-state index is 12.4. The molecule has 0 spiro atoms. The van der Waals surface area contributed by atoms with Crippen molar-refractivity contribution < 1.29 is 4.92 Å².